The summed E-state index contributed by atoms with van der Waals surface area (Å²) in [5.74, 6) is -3.04. The van der Waals surface area contributed by atoms with Gasteiger partial charge in [0.25, 0.3) is 0 Å². The number of ether oxygens (including phenoxy) is 1. The zero-order chi connectivity index (χ0) is 23.1. The molecule has 0 aliphatic heterocycles. The Kier molecular flexibility index (Phi) is 4.92. The van der Waals surface area contributed by atoms with Crippen molar-refractivity contribution in [2.24, 2.45) is 28.6 Å². The Bertz CT molecular complexity index is 933. The molecular weight excluding hydrogens is 426 g/mol. The summed E-state index contributed by atoms with van der Waals surface area (Å²) >= 11 is 4.05. The first-order valence-electron chi connectivity index (χ1n) is 10.6. The van der Waals surface area contributed by atoms with Gasteiger partial charge in [-0.2, -0.15) is 0 Å². The molecule has 0 heterocycles. The van der Waals surface area contributed by atoms with Crippen molar-refractivity contribution in [1.29, 1.82) is 0 Å². The molecule has 5 nitrogen and oxygen atoms in total. The lowest BCUT2D eigenvalue weighted by atomic mass is 9.44. The first kappa shape index (κ1) is 22.6. The van der Waals surface area contributed by atoms with Gasteiger partial charge in [-0.1, -0.05) is 19.9 Å². The first-order valence-corrected chi connectivity index (χ1v) is 11.1. The molecule has 0 bridgehead atoms. The van der Waals surface area contributed by atoms with Crippen LogP contribution in [0.4, 0.5) is 8.78 Å². The molecule has 0 radical (unpaired) electrons. The van der Waals surface area contributed by atoms with Crippen molar-refractivity contribution in [3.05, 3.63) is 23.8 Å². The van der Waals surface area contributed by atoms with E-state index < -0.39 is 69.0 Å². The van der Waals surface area contributed by atoms with Gasteiger partial charge in [0.1, 0.15) is 6.17 Å². The average molecular weight is 455 g/mol. The summed E-state index contributed by atoms with van der Waals surface area (Å²) in [7, 11) is 0. The van der Waals surface area contributed by atoms with Crippen LogP contribution in [0.15, 0.2) is 23.8 Å². The van der Waals surface area contributed by atoms with Gasteiger partial charge in [0, 0.05) is 29.6 Å². The maximum Gasteiger partial charge on any atom is 0.303 e. The molecule has 4 aliphatic rings. The Hall–Kier alpha value is -1.54. The molecule has 0 aromatic heterocycles. The summed E-state index contributed by atoms with van der Waals surface area (Å²) in [6.07, 6.45) is 0.549. The van der Waals surface area contributed by atoms with Crippen molar-refractivity contribution in [3.63, 3.8) is 0 Å². The third-order valence-electron chi connectivity index (χ3n) is 8.79. The second kappa shape index (κ2) is 6.73. The van der Waals surface area contributed by atoms with Gasteiger partial charge in [0.15, 0.2) is 17.1 Å². The summed E-state index contributed by atoms with van der Waals surface area (Å²) < 4.78 is 38.0. The smallest absolute Gasteiger partial charge is 0.303 e. The van der Waals surface area contributed by atoms with Gasteiger partial charge < -0.3 is 9.84 Å². The van der Waals surface area contributed by atoms with Crippen molar-refractivity contribution >= 4 is 29.5 Å². The largest absolute Gasteiger partial charge is 0.449 e. The average Bonchev–Trinajstić information content (AvgIpc) is 2.87. The van der Waals surface area contributed by atoms with E-state index in [2.05, 4.69) is 12.6 Å². The number of rotatable bonds is 2. The number of hydrogen-bond acceptors (Lipinski definition) is 5. The van der Waals surface area contributed by atoms with Gasteiger partial charge in [0.2, 0.25) is 5.12 Å². The van der Waals surface area contributed by atoms with E-state index in [1.54, 1.807) is 13.8 Å². The van der Waals surface area contributed by atoms with Gasteiger partial charge in [-0.05, 0) is 49.8 Å². The highest BCUT2D eigenvalue weighted by Gasteiger charge is 2.77. The van der Waals surface area contributed by atoms with E-state index in [0.717, 1.165) is 6.08 Å². The van der Waals surface area contributed by atoms with E-state index in [0.29, 0.717) is 6.42 Å². The highest BCUT2D eigenvalue weighted by Crippen LogP contribution is 2.71. The van der Waals surface area contributed by atoms with Crippen LogP contribution in [0.5, 0.6) is 0 Å². The molecule has 0 saturated heterocycles. The fraction of sp³-hybridized carbons (Fsp3) is 0.696. The summed E-state index contributed by atoms with van der Waals surface area (Å²) in [5.41, 5.74) is -6.46. The molecule has 31 heavy (non-hydrogen) atoms. The molecule has 4 aliphatic carbocycles. The molecule has 1 N–H and O–H groups in total. The number of thiol groups is 1. The maximum atomic E-state index is 17.1. The van der Waals surface area contributed by atoms with E-state index in [-0.39, 0.29) is 18.4 Å². The first-order chi connectivity index (χ1) is 14.3. The SMILES string of the molecule is CC(=O)O[C@]1(C(=O)S)[C@H](C)C[C@H]2[C@@H]3C[C@H](F)C4=CC(=O)C=C[C@]4(C)[C@@]3(F)[C@@H](O)C[C@@]21C. The number of carbonyl (C=O) groups is 3. The molecule has 3 saturated carbocycles. The van der Waals surface area contributed by atoms with Gasteiger partial charge in [-0.3, -0.25) is 14.4 Å². The van der Waals surface area contributed by atoms with Crippen LogP contribution < -0.4 is 0 Å². The van der Waals surface area contributed by atoms with Crippen LogP contribution in [0.25, 0.3) is 0 Å². The number of ketones is 1. The van der Waals surface area contributed by atoms with Crippen LogP contribution in [0.2, 0.25) is 0 Å². The van der Waals surface area contributed by atoms with Crippen molar-refractivity contribution in [2.75, 3.05) is 0 Å². The van der Waals surface area contributed by atoms with Crippen molar-refractivity contribution in [2.45, 2.75) is 70.5 Å². The number of fused-ring (bicyclic) bond motifs is 5. The molecule has 3 fully saturated rings. The van der Waals surface area contributed by atoms with Crippen LogP contribution in [-0.2, 0) is 19.1 Å². The van der Waals surface area contributed by atoms with Crippen LogP contribution in [0, 0.1) is 28.6 Å². The van der Waals surface area contributed by atoms with Crippen LogP contribution in [0.3, 0.4) is 0 Å². The third kappa shape index (κ3) is 2.55. The Morgan fingerprint density at radius 2 is 1.90 bits per heavy atom. The van der Waals surface area contributed by atoms with E-state index >= 15 is 8.78 Å². The van der Waals surface area contributed by atoms with Crippen LogP contribution in [0.1, 0.15) is 47.0 Å². The quantitative estimate of drug-likeness (QED) is 0.494. The summed E-state index contributed by atoms with van der Waals surface area (Å²) in [4.78, 5) is 36.6. The van der Waals surface area contributed by atoms with E-state index in [1.165, 1.54) is 26.0 Å². The minimum absolute atomic E-state index is 0.0453. The van der Waals surface area contributed by atoms with Gasteiger partial charge in [0.05, 0.1) is 6.10 Å². The van der Waals surface area contributed by atoms with Crippen molar-refractivity contribution in [3.8, 4) is 0 Å². The number of aliphatic hydroxyl groups excluding tert-OH is 1. The van der Waals surface area contributed by atoms with E-state index in [4.69, 9.17) is 4.74 Å². The lowest BCUT2D eigenvalue weighted by molar-refractivity contribution is -0.228. The molecule has 9 atom stereocenters. The molecule has 0 unspecified atom stereocenters. The number of alkyl halides is 2. The van der Waals surface area contributed by atoms with Crippen LogP contribution in [-0.4, -0.2) is 45.5 Å². The monoisotopic (exact) mass is 454 g/mol. The normalized spacial score (nSPS) is 50.8. The molecule has 0 aromatic carbocycles. The topological polar surface area (TPSA) is 80.7 Å². The van der Waals surface area contributed by atoms with Gasteiger partial charge in [-0.25, -0.2) is 8.78 Å². The fourth-order valence-corrected chi connectivity index (χ4v) is 7.99. The zero-order valence-corrected chi connectivity index (χ0v) is 18.9. The second-order valence-corrected chi connectivity index (χ2v) is 10.5. The summed E-state index contributed by atoms with van der Waals surface area (Å²) in [6, 6.07) is 0. The van der Waals surface area contributed by atoms with Crippen molar-refractivity contribution in [1.82, 2.24) is 0 Å². The minimum atomic E-state index is -2.24. The molecule has 170 valence electrons. The Labute approximate surface area is 185 Å². The lowest BCUT2D eigenvalue weighted by Gasteiger charge is -2.63. The molecular formula is C23H28F2O5S. The number of hydrogen-bond donors (Lipinski definition) is 2. The number of halogens is 2. The highest BCUT2D eigenvalue weighted by atomic mass is 32.1. The van der Waals surface area contributed by atoms with Crippen LogP contribution >= 0.6 is 12.6 Å². The predicted molar refractivity (Wildman–Crippen MR) is 112 cm³/mol. The molecule has 4 rings (SSSR count). The highest BCUT2D eigenvalue weighted by molar-refractivity contribution is 7.96. The number of allylic oxidation sites excluding steroid dienone is 4. The number of carbonyl (C=O) groups excluding carboxylic acids is 3. The molecule has 0 amide bonds. The van der Waals surface area contributed by atoms with Gasteiger partial charge in [-0.15, -0.1) is 12.6 Å². The molecule has 8 heteroatoms. The van der Waals surface area contributed by atoms with Gasteiger partial charge >= 0.3 is 5.97 Å². The summed E-state index contributed by atoms with van der Waals surface area (Å²) in [6.45, 7) is 6.17. The zero-order valence-electron chi connectivity index (χ0n) is 18.0. The molecule has 0 spiro atoms. The van der Waals surface area contributed by atoms with E-state index in [9.17, 15) is 19.5 Å². The minimum Gasteiger partial charge on any atom is -0.449 e. The van der Waals surface area contributed by atoms with E-state index in [1.807, 2.05) is 0 Å². The van der Waals surface area contributed by atoms with Crippen molar-refractivity contribution < 1.29 is 33.0 Å². The maximum absolute atomic E-state index is 17.1. The third-order valence-corrected chi connectivity index (χ3v) is 9.12. The number of aliphatic hydroxyl groups is 1. The lowest BCUT2D eigenvalue weighted by Crippen LogP contribution is -2.70. The Balaban J connectivity index is 1.89. The Morgan fingerprint density at radius 1 is 1.26 bits per heavy atom. The fourth-order valence-electron chi connectivity index (χ4n) is 7.47. The standard InChI is InChI=1S/C23H28F2O5S/c1-11-7-14-15-9-17(24)16-8-13(27)5-6-20(16,3)22(15,25)18(28)10-21(14,4)23(11,19(29)31)30-12(2)26/h5-6,8,11,14-15,17-18,28H,7,9-10H2,1-4H3,(H,29,31)/t11-,14+,15+,17+,18+,20+,21+,22+,23+/m1/s1. The summed E-state index contributed by atoms with van der Waals surface area (Å²) in [5, 5.41) is 10.6. The predicted octanol–water partition coefficient (Wildman–Crippen LogP) is 3.31. The number of esters is 1. The second-order valence-electron chi connectivity index (χ2n) is 10.1. The Morgan fingerprint density at radius 3 is 2.48 bits per heavy atom. The molecule has 0 aromatic rings.